The van der Waals surface area contributed by atoms with Gasteiger partial charge in [0.05, 0.1) is 13.5 Å². The molecule has 1 aromatic rings. The van der Waals surface area contributed by atoms with Crippen molar-refractivity contribution in [2.45, 2.75) is 32.1 Å². The maximum absolute atomic E-state index is 12.2. The lowest BCUT2D eigenvalue weighted by molar-refractivity contribution is -0.142. The van der Waals surface area contributed by atoms with Gasteiger partial charge in [0.2, 0.25) is 10.0 Å². The second kappa shape index (κ2) is 7.08. The van der Waals surface area contributed by atoms with E-state index in [1.54, 1.807) is 0 Å². The predicted octanol–water partition coefficient (Wildman–Crippen LogP) is 3.69. The normalized spacial score (nSPS) is 14.1. The second-order valence-corrected chi connectivity index (χ2v) is 11.3. The molecule has 1 aromatic heterocycles. The summed E-state index contributed by atoms with van der Waals surface area (Å²) < 4.78 is 28.0. The number of carboxylic acids is 1. The molecule has 1 unspecified atom stereocenters. The molecule has 0 bridgehead atoms. The molecule has 0 saturated heterocycles. The van der Waals surface area contributed by atoms with Crippen molar-refractivity contribution in [3.8, 4) is 0 Å². The van der Waals surface area contributed by atoms with E-state index < -0.39 is 21.9 Å². The van der Waals surface area contributed by atoms with E-state index in [1.165, 1.54) is 17.4 Å². The lowest BCUT2D eigenvalue weighted by Gasteiger charge is -2.23. The van der Waals surface area contributed by atoms with Crippen LogP contribution in [-0.4, -0.2) is 26.0 Å². The predicted molar refractivity (Wildman–Crippen MR) is 90.1 cm³/mol. The third kappa shape index (κ3) is 5.97. The van der Waals surface area contributed by atoms with Gasteiger partial charge < -0.3 is 5.11 Å². The molecule has 0 aliphatic carbocycles. The molecule has 5 nitrogen and oxygen atoms in total. The summed E-state index contributed by atoms with van der Waals surface area (Å²) in [5.41, 5.74) is -0.194. The third-order valence-corrected chi connectivity index (χ3v) is 6.82. The van der Waals surface area contributed by atoms with E-state index in [9.17, 15) is 18.3 Å². The number of rotatable bonds is 6. The maximum atomic E-state index is 12.2. The SMILES string of the molecule is CC(C)(C)CC(CNS(=O)(=O)c1cc(Br)sc1Br)C(=O)O. The summed E-state index contributed by atoms with van der Waals surface area (Å²) in [6.45, 7) is 5.63. The fraction of sp³-hybridized carbons (Fsp3) is 0.583. The Bertz CT molecular complexity index is 620. The topological polar surface area (TPSA) is 83.5 Å². The first-order valence-electron chi connectivity index (χ1n) is 6.10. The number of carboxylic acid groups (broad SMARTS) is 1. The van der Waals surface area contributed by atoms with Gasteiger partial charge in [-0.25, -0.2) is 13.1 Å². The van der Waals surface area contributed by atoms with Crippen molar-refractivity contribution < 1.29 is 18.3 Å². The Morgan fingerprint density at radius 1 is 1.43 bits per heavy atom. The quantitative estimate of drug-likeness (QED) is 0.675. The smallest absolute Gasteiger partial charge is 0.307 e. The Morgan fingerprint density at radius 2 is 2.00 bits per heavy atom. The monoisotopic (exact) mass is 461 g/mol. The van der Waals surface area contributed by atoms with Gasteiger partial charge in [-0.3, -0.25) is 4.79 Å². The molecular formula is C12H17Br2NO4S2. The fourth-order valence-corrected chi connectivity index (χ4v) is 6.67. The van der Waals surface area contributed by atoms with Crippen molar-refractivity contribution >= 4 is 59.2 Å². The highest BCUT2D eigenvalue weighted by Crippen LogP contribution is 2.34. The molecule has 1 atom stereocenters. The summed E-state index contributed by atoms with van der Waals surface area (Å²) in [4.78, 5) is 11.4. The van der Waals surface area contributed by atoms with Crippen molar-refractivity contribution in [1.29, 1.82) is 0 Å². The second-order valence-electron chi connectivity index (χ2n) is 5.84. The molecular weight excluding hydrogens is 446 g/mol. The molecule has 0 amide bonds. The summed E-state index contributed by atoms with van der Waals surface area (Å²) in [6.07, 6.45) is 0.388. The van der Waals surface area contributed by atoms with Gasteiger partial charge in [-0.1, -0.05) is 20.8 Å². The number of aliphatic carboxylic acids is 1. The van der Waals surface area contributed by atoms with Crippen LogP contribution in [0.5, 0.6) is 0 Å². The first-order valence-corrected chi connectivity index (χ1v) is 9.98. The third-order valence-electron chi connectivity index (χ3n) is 2.64. The molecule has 0 aliphatic rings. The molecule has 120 valence electrons. The molecule has 21 heavy (non-hydrogen) atoms. The van der Waals surface area contributed by atoms with Gasteiger partial charge >= 0.3 is 5.97 Å². The van der Waals surface area contributed by atoms with Crippen LogP contribution in [0.3, 0.4) is 0 Å². The van der Waals surface area contributed by atoms with Gasteiger partial charge in [0.1, 0.15) is 4.90 Å². The Morgan fingerprint density at radius 3 is 2.38 bits per heavy atom. The van der Waals surface area contributed by atoms with E-state index in [0.29, 0.717) is 14.0 Å². The van der Waals surface area contributed by atoms with Crippen LogP contribution in [-0.2, 0) is 14.8 Å². The zero-order valence-electron chi connectivity index (χ0n) is 11.8. The van der Waals surface area contributed by atoms with E-state index in [0.717, 1.165) is 0 Å². The standard InChI is InChI=1S/C12H17Br2NO4S2/c1-12(2,3)5-7(11(16)17)6-15-21(18,19)8-4-9(13)20-10(8)14/h4,7,15H,5-6H2,1-3H3,(H,16,17). The van der Waals surface area contributed by atoms with Crippen LogP contribution in [0, 0.1) is 11.3 Å². The Hall–Kier alpha value is 0.0400. The van der Waals surface area contributed by atoms with Gasteiger partial charge in [0, 0.05) is 6.54 Å². The van der Waals surface area contributed by atoms with Crippen molar-refractivity contribution in [2.75, 3.05) is 6.54 Å². The molecule has 0 aromatic carbocycles. The maximum Gasteiger partial charge on any atom is 0.307 e. The number of halogens is 2. The van der Waals surface area contributed by atoms with Crippen LogP contribution in [0.15, 0.2) is 18.5 Å². The molecule has 0 fully saturated rings. The lowest BCUT2D eigenvalue weighted by Crippen LogP contribution is -2.35. The number of nitrogens with one attached hydrogen (secondary N) is 1. The first-order chi connectivity index (χ1) is 9.42. The molecule has 1 heterocycles. The van der Waals surface area contributed by atoms with Gasteiger partial charge in [-0.05, 0) is 49.8 Å². The van der Waals surface area contributed by atoms with Gasteiger partial charge in [0.25, 0.3) is 0 Å². The van der Waals surface area contributed by atoms with E-state index in [-0.39, 0.29) is 16.9 Å². The van der Waals surface area contributed by atoms with Crippen molar-refractivity contribution in [3.05, 3.63) is 13.6 Å². The Kier molecular flexibility index (Phi) is 6.43. The zero-order chi connectivity index (χ0) is 16.4. The lowest BCUT2D eigenvalue weighted by atomic mass is 9.85. The fourth-order valence-electron chi connectivity index (χ4n) is 1.78. The van der Waals surface area contributed by atoms with Crippen molar-refractivity contribution in [2.24, 2.45) is 11.3 Å². The molecule has 0 radical (unpaired) electrons. The van der Waals surface area contributed by atoms with Gasteiger partial charge in [-0.15, -0.1) is 11.3 Å². The summed E-state index contributed by atoms with van der Waals surface area (Å²) in [6, 6.07) is 1.48. The average Bonchev–Trinajstić information content (AvgIpc) is 2.63. The van der Waals surface area contributed by atoms with E-state index in [2.05, 4.69) is 36.6 Å². The minimum atomic E-state index is -3.73. The van der Waals surface area contributed by atoms with Gasteiger partial charge in [0.15, 0.2) is 0 Å². The number of carbonyl (C=O) groups is 1. The Labute approximate surface area is 145 Å². The highest BCUT2D eigenvalue weighted by atomic mass is 79.9. The molecule has 1 rings (SSSR count). The highest BCUT2D eigenvalue weighted by Gasteiger charge is 2.27. The van der Waals surface area contributed by atoms with Crippen LogP contribution in [0.25, 0.3) is 0 Å². The molecule has 9 heteroatoms. The molecule has 0 spiro atoms. The van der Waals surface area contributed by atoms with Crippen LogP contribution in [0.4, 0.5) is 0 Å². The highest BCUT2D eigenvalue weighted by molar-refractivity contribution is 9.12. The van der Waals surface area contributed by atoms with Crippen molar-refractivity contribution in [1.82, 2.24) is 4.72 Å². The largest absolute Gasteiger partial charge is 0.481 e. The number of sulfonamides is 1. The van der Waals surface area contributed by atoms with Crippen molar-refractivity contribution in [3.63, 3.8) is 0 Å². The molecule has 2 N–H and O–H groups in total. The van der Waals surface area contributed by atoms with Gasteiger partial charge in [-0.2, -0.15) is 0 Å². The van der Waals surface area contributed by atoms with Crippen LogP contribution in [0.1, 0.15) is 27.2 Å². The molecule has 0 aliphatic heterocycles. The van der Waals surface area contributed by atoms with E-state index in [1.807, 2.05) is 20.8 Å². The molecule has 0 saturated carbocycles. The van der Waals surface area contributed by atoms with Crippen LogP contribution >= 0.6 is 43.2 Å². The van der Waals surface area contributed by atoms with E-state index in [4.69, 9.17) is 0 Å². The zero-order valence-corrected chi connectivity index (χ0v) is 16.6. The summed E-state index contributed by atoms with van der Waals surface area (Å²) in [5.74, 6) is -1.76. The minimum absolute atomic E-state index is 0.110. The average molecular weight is 463 g/mol. The summed E-state index contributed by atoms with van der Waals surface area (Å²) in [7, 11) is -3.73. The first kappa shape index (κ1) is 19.1. The summed E-state index contributed by atoms with van der Waals surface area (Å²) in [5, 5.41) is 9.21. The number of hydrogen-bond donors (Lipinski definition) is 2. The minimum Gasteiger partial charge on any atom is -0.481 e. The van der Waals surface area contributed by atoms with Crippen LogP contribution < -0.4 is 4.72 Å². The Balaban J connectivity index is 2.84. The van der Waals surface area contributed by atoms with Crippen LogP contribution in [0.2, 0.25) is 0 Å². The summed E-state index contributed by atoms with van der Waals surface area (Å²) >= 11 is 7.66. The number of thiophene rings is 1. The van der Waals surface area contributed by atoms with E-state index >= 15 is 0 Å². The number of hydrogen-bond acceptors (Lipinski definition) is 4.